The molecule has 2 aliphatic heterocycles. The van der Waals surface area contributed by atoms with Crippen molar-refractivity contribution in [2.75, 3.05) is 19.6 Å². The van der Waals surface area contributed by atoms with Gasteiger partial charge in [-0.2, -0.15) is 5.10 Å². The molecule has 2 saturated heterocycles. The van der Waals surface area contributed by atoms with E-state index in [4.69, 9.17) is 0 Å². The van der Waals surface area contributed by atoms with Crippen molar-refractivity contribution in [3.05, 3.63) is 132 Å². The number of hydrogen-bond acceptors (Lipinski definition) is 5. The Hall–Kier alpha value is -5.08. The Balaban J connectivity index is 1.12. The van der Waals surface area contributed by atoms with Crippen molar-refractivity contribution in [3.63, 3.8) is 0 Å². The summed E-state index contributed by atoms with van der Waals surface area (Å²) >= 11 is 0. The third-order valence-electron chi connectivity index (χ3n) is 8.87. The van der Waals surface area contributed by atoms with E-state index in [2.05, 4.69) is 57.4 Å². The summed E-state index contributed by atoms with van der Waals surface area (Å²) in [4.78, 5) is 38.4. The Bertz CT molecular complexity index is 1790. The number of amides is 3. The van der Waals surface area contributed by atoms with Gasteiger partial charge in [-0.15, -0.1) is 0 Å². The summed E-state index contributed by atoms with van der Waals surface area (Å²) in [7, 11) is 0. The summed E-state index contributed by atoms with van der Waals surface area (Å²) in [5, 5.41) is 6.76. The molecule has 0 unspecified atom stereocenters. The third-order valence-corrected chi connectivity index (χ3v) is 8.87. The van der Waals surface area contributed by atoms with Crippen LogP contribution in [0.2, 0.25) is 0 Å². The fourth-order valence-corrected chi connectivity index (χ4v) is 6.49. The molecule has 3 aromatic carbocycles. The lowest BCUT2D eigenvalue weighted by Crippen LogP contribution is -2.56. The summed E-state index contributed by atoms with van der Waals surface area (Å²) in [6.45, 7) is 2.75. The number of likely N-dealkylation sites (tertiary alicyclic amines) is 1. The summed E-state index contributed by atoms with van der Waals surface area (Å²) in [5.74, 6) is -0.113. The van der Waals surface area contributed by atoms with E-state index >= 15 is 0 Å². The number of benzene rings is 3. The molecule has 0 saturated carbocycles. The first-order valence-corrected chi connectivity index (χ1v) is 15.1. The van der Waals surface area contributed by atoms with Crippen LogP contribution in [0.25, 0.3) is 22.5 Å². The molecule has 8 nitrogen and oxygen atoms in total. The predicted molar refractivity (Wildman–Crippen MR) is 171 cm³/mol. The maximum Gasteiger partial charge on any atom is 0.328 e. The highest BCUT2D eigenvalue weighted by molar-refractivity contribution is 6.07. The van der Waals surface area contributed by atoms with Gasteiger partial charge in [-0.05, 0) is 52.9 Å². The molecule has 0 atom stereocenters. The van der Waals surface area contributed by atoms with Crippen molar-refractivity contribution in [3.8, 4) is 5.69 Å². The van der Waals surface area contributed by atoms with E-state index in [-0.39, 0.29) is 25.0 Å². The number of nitrogens with zero attached hydrogens (tertiary/aromatic N) is 6. The number of rotatable bonds is 8. The lowest BCUT2D eigenvalue weighted by atomic mass is 9.85. The fraction of sp³-hybridized carbons (Fsp3) is 0.222. The fourth-order valence-electron chi connectivity index (χ4n) is 6.49. The number of hydrogen-bond donors (Lipinski definition) is 0. The van der Waals surface area contributed by atoms with Gasteiger partial charge in [0.2, 0.25) is 0 Å². The van der Waals surface area contributed by atoms with Gasteiger partial charge in [-0.25, -0.2) is 9.48 Å². The van der Waals surface area contributed by atoms with Crippen molar-refractivity contribution < 1.29 is 9.59 Å². The lowest BCUT2D eigenvalue weighted by molar-refractivity contribution is -0.135. The van der Waals surface area contributed by atoms with Gasteiger partial charge in [0.1, 0.15) is 5.54 Å². The largest absolute Gasteiger partial charge is 0.328 e. The smallest absolute Gasteiger partial charge is 0.304 e. The molecule has 2 fully saturated rings. The van der Waals surface area contributed by atoms with Gasteiger partial charge < -0.3 is 4.90 Å². The summed E-state index contributed by atoms with van der Waals surface area (Å²) in [5.41, 5.74) is 2.99. The molecule has 0 bridgehead atoms. The third kappa shape index (κ3) is 5.29. The zero-order valence-corrected chi connectivity index (χ0v) is 24.5. The minimum atomic E-state index is -0.894. The van der Waals surface area contributed by atoms with Crippen molar-refractivity contribution >= 4 is 28.8 Å². The molecule has 2 aliphatic rings. The van der Waals surface area contributed by atoms with E-state index in [0.717, 1.165) is 36.6 Å². The van der Waals surface area contributed by atoms with Gasteiger partial charge in [0.05, 0.1) is 24.1 Å². The van der Waals surface area contributed by atoms with Crippen molar-refractivity contribution in [1.82, 2.24) is 29.5 Å². The number of fused-ring (bicyclic) bond motifs is 1. The summed E-state index contributed by atoms with van der Waals surface area (Å²) in [6.07, 6.45) is 10.3. The predicted octanol–water partition coefficient (Wildman–Crippen LogP) is 5.93. The molecule has 5 aromatic rings. The highest BCUT2D eigenvalue weighted by Gasteiger charge is 2.57. The molecule has 0 N–H and O–H groups in total. The second kappa shape index (κ2) is 11.9. The maximum atomic E-state index is 14.2. The minimum Gasteiger partial charge on any atom is -0.304 e. The van der Waals surface area contributed by atoms with Crippen LogP contribution in [0.4, 0.5) is 4.79 Å². The average molecular weight is 583 g/mol. The van der Waals surface area contributed by atoms with E-state index in [9.17, 15) is 9.59 Å². The SMILES string of the molecule is O=C1N(C/C=C/c2ccccc2)C(=O)C2(CCN(Cc3cccc4ccccc34)CC2)N1Cc1ccc(-n2cccn2)cn1. The zero-order chi connectivity index (χ0) is 29.9. The maximum absolute atomic E-state index is 14.2. The van der Waals surface area contributed by atoms with Gasteiger partial charge in [0.25, 0.3) is 5.91 Å². The molecule has 220 valence electrons. The van der Waals surface area contributed by atoms with E-state index < -0.39 is 5.54 Å². The molecule has 7 rings (SSSR count). The van der Waals surface area contributed by atoms with Crippen LogP contribution in [-0.4, -0.2) is 66.6 Å². The van der Waals surface area contributed by atoms with Crippen molar-refractivity contribution in [2.45, 2.75) is 31.5 Å². The highest BCUT2D eigenvalue weighted by atomic mass is 16.2. The molecular weight excluding hydrogens is 548 g/mol. The molecule has 4 heterocycles. The van der Waals surface area contributed by atoms with Crippen LogP contribution in [0.5, 0.6) is 0 Å². The number of imide groups is 1. The second-order valence-corrected chi connectivity index (χ2v) is 11.5. The normalized spacial score (nSPS) is 17.0. The van der Waals surface area contributed by atoms with Crippen LogP contribution in [0.3, 0.4) is 0 Å². The Morgan fingerprint density at radius 2 is 1.61 bits per heavy atom. The van der Waals surface area contributed by atoms with Gasteiger partial charge >= 0.3 is 6.03 Å². The topological polar surface area (TPSA) is 74.6 Å². The minimum absolute atomic E-state index is 0.113. The highest BCUT2D eigenvalue weighted by Crippen LogP contribution is 2.39. The second-order valence-electron chi connectivity index (χ2n) is 11.5. The Labute approximate surface area is 256 Å². The van der Waals surface area contributed by atoms with Gasteiger partial charge in [0, 0.05) is 38.6 Å². The van der Waals surface area contributed by atoms with Crippen molar-refractivity contribution in [2.24, 2.45) is 0 Å². The van der Waals surface area contributed by atoms with Crippen molar-refractivity contribution in [1.29, 1.82) is 0 Å². The summed E-state index contributed by atoms with van der Waals surface area (Å²) in [6, 6.07) is 30.3. The number of pyridine rings is 1. The molecule has 1 spiro atoms. The number of piperidine rings is 1. The van der Waals surface area contributed by atoms with Gasteiger partial charge in [-0.1, -0.05) is 84.9 Å². The first-order chi connectivity index (χ1) is 21.6. The van der Waals surface area contributed by atoms with Crippen LogP contribution in [0, 0.1) is 0 Å². The molecule has 3 amide bonds. The number of urea groups is 1. The molecular formula is C36H34N6O2. The first kappa shape index (κ1) is 27.7. The Morgan fingerprint density at radius 3 is 2.39 bits per heavy atom. The van der Waals surface area contributed by atoms with Crippen LogP contribution in [-0.2, 0) is 17.9 Å². The number of aromatic nitrogens is 3. The van der Waals surface area contributed by atoms with E-state index in [0.29, 0.717) is 12.8 Å². The molecule has 0 aliphatic carbocycles. The van der Waals surface area contributed by atoms with E-state index in [1.165, 1.54) is 21.2 Å². The molecule has 0 radical (unpaired) electrons. The van der Waals surface area contributed by atoms with E-state index in [1.807, 2.05) is 66.9 Å². The summed E-state index contributed by atoms with van der Waals surface area (Å²) < 4.78 is 1.75. The molecule has 44 heavy (non-hydrogen) atoms. The van der Waals surface area contributed by atoms with Crippen LogP contribution < -0.4 is 0 Å². The van der Waals surface area contributed by atoms with Crippen LogP contribution in [0.1, 0.15) is 29.7 Å². The van der Waals surface area contributed by atoms with Crippen LogP contribution >= 0.6 is 0 Å². The van der Waals surface area contributed by atoms with Gasteiger partial charge in [-0.3, -0.25) is 19.6 Å². The first-order valence-electron chi connectivity index (χ1n) is 15.1. The lowest BCUT2D eigenvalue weighted by Gasteiger charge is -2.42. The monoisotopic (exact) mass is 582 g/mol. The molecule has 8 heteroatoms. The van der Waals surface area contributed by atoms with Crippen LogP contribution in [0.15, 0.2) is 116 Å². The van der Waals surface area contributed by atoms with Gasteiger partial charge in [0.15, 0.2) is 0 Å². The number of carbonyl (C=O) groups excluding carboxylic acids is 2. The number of carbonyl (C=O) groups is 2. The standard InChI is InChI=1S/C36H34N6O2/c43-34-36(18-23-39(24-19-36)26-30-14-6-13-29-12-4-5-15-33(29)30)41(27-31-16-17-32(25-37-31)42-22-8-20-38-42)35(44)40(34)21-7-11-28-9-2-1-3-10-28/h1-17,20,22,25H,18-19,21,23-24,26-27H2/b11-7+. The Kier molecular flexibility index (Phi) is 7.50. The molecule has 2 aromatic heterocycles. The zero-order valence-electron chi connectivity index (χ0n) is 24.5. The average Bonchev–Trinajstić information content (AvgIpc) is 3.67. The van der Waals surface area contributed by atoms with E-state index in [1.54, 1.807) is 22.0 Å². The Morgan fingerprint density at radius 1 is 0.818 bits per heavy atom. The quantitative estimate of drug-likeness (QED) is 0.212.